The molecule has 0 bridgehead atoms. The molecule has 7 nitrogen and oxygen atoms in total. The van der Waals surface area contributed by atoms with Crippen LogP contribution in [0.5, 0.6) is 0 Å². The predicted octanol–water partition coefficient (Wildman–Crippen LogP) is 5.80. The number of carboxylic acid groups (broad SMARTS) is 1. The number of aryl methyl sites for hydroxylation is 1. The minimum absolute atomic E-state index is 0.201. The van der Waals surface area contributed by atoms with E-state index in [9.17, 15) is 19.1 Å². The topological polar surface area (TPSA) is 93.5 Å². The second-order valence-electron chi connectivity index (χ2n) is 9.10. The number of hydrogen-bond donors (Lipinski definition) is 2. The highest BCUT2D eigenvalue weighted by Gasteiger charge is 2.23. The molecule has 0 saturated carbocycles. The Hall–Kier alpha value is -3.07. The smallest absolute Gasteiger partial charge is 0.417 e. The second-order valence-corrected chi connectivity index (χ2v) is 10.2. The van der Waals surface area contributed by atoms with Crippen LogP contribution in [0.4, 0.5) is 14.0 Å². The van der Waals surface area contributed by atoms with Crippen molar-refractivity contribution in [2.45, 2.75) is 61.3 Å². The number of carbonyl (C=O) groups excluding carboxylic acids is 1. The number of nitrogens with zero attached hydrogens (tertiary/aromatic N) is 2. The average Bonchev–Trinajstić information content (AvgIpc) is 3.15. The first-order valence-electron chi connectivity index (χ1n) is 10.8. The first-order valence-corrected chi connectivity index (χ1v) is 11.6. The molecular formula is C24H26FN3O4S. The van der Waals surface area contributed by atoms with E-state index in [1.807, 2.05) is 26.8 Å². The number of imidazole rings is 1. The number of rotatable bonds is 4. The quantitative estimate of drug-likeness (QED) is 0.500. The van der Waals surface area contributed by atoms with Crippen molar-refractivity contribution >= 4 is 35.0 Å². The van der Waals surface area contributed by atoms with Crippen LogP contribution in [0, 0.1) is 5.82 Å². The zero-order valence-corrected chi connectivity index (χ0v) is 19.5. The summed E-state index contributed by atoms with van der Waals surface area (Å²) in [6, 6.07) is 8.67. The molecule has 174 valence electrons. The molecule has 0 unspecified atom stereocenters. The van der Waals surface area contributed by atoms with Gasteiger partial charge in [-0.2, -0.15) is 0 Å². The van der Waals surface area contributed by atoms with Crippen LogP contribution in [0.1, 0.15) is 50.7 Å². The van der Waals surface area contributed by atoms with Gasteiger partial charge in [-0.1, -0.05) is 17.8 Å². The molecule has 0 radical (unpaired) electrons. The van der Waals surface area contributed by atoms with Crippen LogP contribution in [-0.4, -0.2) is 39.0 Å². The van der Waals surface area contributed by atoms with Crippen LogP contribution in [0.3, 0.4) is 0 Å². The first-order chi connectivity index (χ1) is 15.6. The van der Waals surface area contributed by atoms with E-state index in [1.54, 1.807) is 0 Å². The normalized spacial score (nSPS) is 15.8. The van der Waals surface area contributed by atoms with Gasteiger partial charge < -0.3 is 15.2 Å². The monoisotopic (exact) mass is 471 g/mol. The van der Waals surface area contributed by atoms with E-state index in [0.29, 0.717) is 17.0 Å². The Balaban J connectivity index is 1.53. The molecule has 1 aliphatic rings. The van der Waals surface area contributed by atoms with Crippen molar-refractivity contribution in [1.82, 2.24) is 14.9 Å². The van der Waals surface area contributed by atoms with Gasteiger partial charge >= 0.3 is 12.2 Å². The second kappa shape index (κ2) is 9.05. The number of hydrogen-bond acceptors (Lipinski definition) is 5. The summed E-state index contributed by atoms with van der Waals surface area (Å²) in [6.07, 6.45) is 2.47. The molecule has 2 N–H and O–H groups in total. The van der Waals surface area contributed by atoms with Gasteiger partial charge in [-0.3, -0.25) is 0 Å². The number of benzene rings is 2. The van der Waals surface area contributed by atoms with Crippen molar-refractivity contribution in [3.8, 4) is 0 Å². The average molecular weight is 472 g/mol. The van der Waals surface area contributed by atoms with E-state index in [-0.39, 0.29) is 11.4 Å². The van der Waals surface area contributed by atoms with Crippen LogP contribution in [0.2, 0.25) is 0 Å². The van der Waals surface area contributed by atoms with Crippen molar-refractivity contribution in [1.29, 1.82) is 0 Å². The molecule has 0 fully saturated rings. The Kier molecular flexibility index (Phi) is 6.34. The van der Waals surface area contributed by atoms with Crippen molar-refractivity contribution in [3.63, 3.8) is 0 Å². The summed E-state index contributed by atoms with van der Waals surface area (Å²) in [5, 5.41) is 12.2. The highest BCUT2D eigenvalue weighted by Crippen LogP contribution is 2.38. The number of alkyl carbamates (subject to hydrolysis) is 1. The van der Waals surface area contributed by atoms with Crippen LogP contribution >= 0.6 is 11.8 Å². The van der Waals surface area contributed by atoms with Gasteiger partial charge in [0.1, 0.15) is 23.3 Å². The Morgan fingerprint density at radius 1 is 1.30 bits per heavy atom. The third-order valence-corrected chi connectivity index (χ3v) is 6.48. The lowest BCUT2D eigenvalue weighted by atomic mass is 9.83. The fraction of sp³-hybridized carbons (Fsp3) is 0.375. The number of carbonyl (C=O) groups is 2. The van der Waals surface area contributed by atoms with Crippen molar-refractivity contribution < 1.29 is 23.8 Å². The summed E-state index contributed by atoms with van der Waals surface area (Å²) in [4.78, 5) is 29.1. The van der Waals surface area contributed by atoms with Gasteiger partial charge in [0, 0.05) is 28.3 Å². The van der Waals surface area contributed by atoms with Crippen LogP contribution in [0.25, 0.3) is 11.0 Å². The maximum absolute atomic E-state index is 14.2. The van der Waals surface area contributed by atoms with E-state index < -0.39 is 23.6 Å². The van der Waals surface area contributed by atoms with Gasteiger partial charge in [0.15, 0.2) is 0 Å². The standard InChI is InChI=1S/C24H26FN3O4S/c1-24(2,3)32-22(29)26-12-15-6-4-5-14-9-17(7-8-18(14)15)33-20-11-16(25)10-19-21(20)27-13-28(19)23(30)31/h7-11,13,15H,4-6,12H2,1-3H3,(H,26,29)(H,30,31)/t15-/m0/s1. The molecule has 1 aromatic heterocycles. The third kappa shape index (κ3) is 5.30. The molecule has 0 aliphatic heterocycles. The fourth-order valence-corrected chi connectivity index (χ4v) is 5.11. The highest BCUT2D eigenvalue weighted by molar-refractivity contribution is 7.99. The zero-order valence-electron chi connectivity index (χ0n) is 18.7. The molecule has 1 amide bonds. The Morgan fingerprint density at radius 3 is 2.82 bits per heavy atom. The lowest BCUT2D eigenvalue weighted by Gasteiger charge is -2.27. The van der Waals surface area contributed by atoms with E-state index in [1.165, 1.54) is 41.3 Å². The summed E-state index contributed by atoms with van der Waals surface area (Å²) >= 11 is 1.36. The largest absolute Gasteiger partial charge is 0.464 e. The number of aromatic nitrogens is 2. The molecule has 0 spiro atoms. The van der Waals surface area contributed by atoms with E-state index in [4.69, 9.17) is 4.74 Å². The molecular weight excluding hydrogens is 445 g/mol. The summed E-state index contributed by atoms with van der Waals surface area (Å²) in [7, 11) is 0. The van der Waals surface area contributed by atoms with E-state index in [0.717, 1.165) is 28.7 Å². The highest BCUT2D eigenvalue weighted by atomic mass is 32.2. The van der Waals surface area contributed by atoms with Gasteiger partial charge in [0.25, 0.3) is 0 Å². The first kappa shape index (κ1) is 23.1. The van der Waals surface area contributed by atoms with Gasteiger partial charge in [-0.15, -0.1) is 0 Å². The number of fused-ring (bicyclic) bond motifs is 2. The minimum atomic E-state index is -1.21. The van der Waals surface area contributed by atoms with Gasteiger partial charge in [-0.25, -0.2) is 23.5 Å². The molecule has 1 aliphatic carbocycles. The molecule has 33 heavy (non-hydrogen) atoms. The lowest BCUT2D eigenvalue weighted by Crippen LogP contribution is -2.35. The van der Waals surface area contributed by atoms with Crippen LogP contribution in [0.15, 0.2) is 46.5 Å². The third-order valence-electron chi connectivity index (χ3n) is 5.46. The van der Waals surface area contributed by atoms with Crippen molar-refractivity contribution in [2.75, 3.05) is 6.54 Å². The van der Waals surface area contributed by atoms with Crippen LogP contribution < -0.4 is 5.32 Å². The Morgan fingerprint density at radius 2 is 2.09 bits per heavy atom. The number of nitrogens with one attached hydrogen (secondary N) is 1. The Bertz CT molecular complexity index is 1220. The maximum atomic E-state index is 14.2. The summed E-state index contributed by atoms with van der Waals surface area (Å²) in [6.45, 7) is 6.01. The van der Waals surface area contributed by atoms with Gasteiger partial charge in [-0.05, 0) is 69.4 Å². The number of ether oxygens (including phenoxy) is 1. The number of amides is 1. The summed E-state index contributed by atoms with van der Waals surface area (Å²) in [5.74, 6) is -0.313. The molecule has 2 aromatic carbocycles. The SMILES string of the molecule is CC(C)(C)OC(=O)NC[C@@H]1CCCc2cc(Sc3cc(F)cc4c3ncn4C(=O)O)ccc21. The molecule has 1 atom stereocenters. The lowest BCUT2D eigenvalue weighted by molar-refractivity contribution is 0.0523. The minimum Gasteiger partial charge on any atom is -0.464 e. The van der Waals surface area contributed by atoms with E-state index in [2.05, 4.69) is 22.4 Å². The Labute approximate surface area is 195 Å². The molecule has 4 rings (SSSR count). The van der Waals surface area contributed by atoms with E-state index >= 15 is 0 Å². The van der Waals surface area contributed by atoms with Crippen LogP contribution in [-0.2, 0) is 11.2 Å². The fourth-order valence-electron chi connectivity index (χ4n) is 4.10. The maximum Gasteiger partial charge on any atom is 0.417 e. The van der Waals surface area contributed by atoms with Gasteiger partial charge in [0.05, 0.1) is 5.52 Å². The molecule has 3 aromatic rings. The molecule has 0 saturated heterocycles. The summed E-state index contributed by atoms with van der Waals surface area (Å²) < 4.78 is 20.5. The summed E-state index contributed by atoms with van der Waals surface area (Å²) in [5.41, 5.74) is 2.52. The predicted molar refractivity (Wildman–Crippen MR) is 124 cm³/mol. The molecule has 9 heteroatoms. The zero-order chi connectivity index (χ0) is 23.8. The van der Waals surface area contributed by atoms with Gasteiger partial charge in [0.2, 0.25) is 0 Å². The van der Waals surface area contributed by atoms with Crippen molar-refractivity contribution in [3.05, 3.63) is 53.6 Å². The van der Waals surface area contributed by atoms with Crippen molar-refractivity contribution in [2.24, 2.45) is 0 Å². The number of halogens is 1. The molecule has 1 heterocycles.